The van der Waals surface area contributed by atoms with Crippen LogP contribution in [0.15, 0.2) is 0 Å². The fourth-order valence-electron chi connectivity index (χ4n) is 2.00. The molecule has 0 aromatic rings. The second-order valence-electron chi connectivity index (χ2n) is 4.94. The highest BCUT2D eigenvalue weighted by Gasteiger charge is 2.33. The van der Waals surface area contributed by atoms with Crippen LogP contribution in [-0.2, 0) is 14.3 Å². The maximum Gasteiger partial charge on any atom is 0.242 e. The normalized spacial score (nSPS) is 23.3. The first kappa shape index (κ1) is 13.9. The van der Waals surface area contributed by atoms with Gasteiger partial charge >= 0.3 is 0 Å². The van der Waals surface area contributed by atoms with Gasteiger partial charge < -0.3 is 20.7 Å². The molecule has 1 atom stereocenters. The summed E-state index contributed by atoms with van der Waals surface area (Å²) in [5.74, 6) is -0.422. The van der Waals surface area contributed by atoms with Crippen molar-refractivity contribution in [2.24, 2.45) is 5.73 Å². The van der Waals surface area contributed by atoms with Crippen LogP contribution in [-0.4, -0.2) is 54.6 Å². The number of nitrogens with two attached hydrogens (primary N) is 1. The van der Waals surface area contributed by atoms with Crippen LogP contribution < -0.4 is 11.1 Å². The van der Waals surface area contributed by atoms with Gasteiger partial charge in [0.2, 0.25) is 11.8 Å². The van der Waals surface area contributed by atoms with Crippen LogP contribution in [0.25, 0.3) is 0 Å². The Morgan fingerprint density at radius 1 is 1.53 bits per heavy atom. The molecule has 6 nitrogen and oxygen atoms in total. The number of rotatable bonds is 3. The second-order valence-corrected chi connectivity index (χ2v) is 4.94. The van der Waals surface area contributed by atoms with Crippen LogP contribution in [0.2, 0.25) is 0 Å². The van der Waals surface area contributed by atoms with E-state index in [0.29, 0.717) is 13.1 Å². The van der Waals surface area contributed by atoms with Gasteiger partial charge in [0.15, 0.2) is 0 Å². The minimum atomic E-state index is -0.342. The van der Waals surface area contributed by atoms with E-state index in [2.05, 4.69) is 5.32 Å². The largest absolute Gasteiger partial charge is 0.369 e. The van der Waals surface area contributed by atoms with Gasteiger partial charge in [0.25, 0.3) is 0 Å². The maximum absolute atomic E-state index is 11.9. The van der Waals surface area contributed by atoms with Gasteiger partial charge in [-0.2, -0.15) is 0 Å². The third-order valence-electron chi connectivity index (χ3n) is 2.54. The molecular weight excluding hydrogens is 222 g/mol. The summed E-state index contributed by atoms with van der Waals surface area (Å²) in [6.07, 6.45) is 0.00732. The highest BCUT2D eigenvalue weighted by Crippen LogP contribution is 2.20. The number of carbonyl (C=O) groups is 2. The van der Waals surface area contributed by atoms with Crippen LogP contribution >= 0.6 is 0 Å². The Morgan fingerprint density at radius 2 is 2.18 bits per heavy atom. The number of ether oxygens (including phenoxy) is 1. The SMILES string of the molecule is CC1CN(C(=O)CNC(=O)CN)CC(C)(C)O1. The molecule has 1 unspecified atom stereocenters. The van der Waals surface area contributed by atoms with E-state index in [9.17, 15) is 9.59 Å². The first-order valence-corrected chi connectivity index (χ1v) is 5.76. The van der Waals surface area contributed by atoms with Crippen molar-refractivity contribution in [2.45, 2.75) is 32.5 Å². The monoisotopic (exact) mass is 243 g/mol. The van der Waals surface area contributed by atoms with Crippen LogP contribution in [0.1, 0.15) is 20.8 Å². The van der Waals surface area contributed by atoms with Crippen LogP contribution in [0.3, 0.4) is 0 Å². The van der Waals surface area contributed by atoms with E-state index >= 15 is 0 Å². The summed E-state index contributed by atoms with van der Waals surface area (Å²) in [6, 6.07) is 0. The average Bonchev–Trinajstić information content (AvgIpc) is 2.22. The topological polar surface area (TPSA) is 84.7 Å². The molecule has 1 aliphatic heterocycles. The van der Waals surface area contributed by atoms with Gasteiger partial charge in [0.1, 0.15) is 0 Å². The highest BCUT2D eigenvalue weighted by molar-refractivity contribution is 5.85. The fourth-order valence-corrected chi connectivity index (χ4v) is 2.00. The Morgan fingerprint density at radius 3 is 2.71 bits per heavy atom. The molecule has 0 bridgehead atoms. The average molecular weight is 243 g/mol. The maximum atomic E-state index is 11.9. The smallest absolute Gasteiger partial charge is 0.242 e. The van der Waals surface area contributed by atoms with Crippen molar-refractivity contribution in [1.82, 2.24) is 10.2 Å². The third kappa shape index (κ3) is 4.32. The van der Waals surface area contributed by atoms with Crippen molar-refractivity contribution in [3.05, 3.63) is 0 Å². The summed E-state index contributed by atoms with van der Waals surface area (Å²) in [5, 5.41) is 2.48. The van der Waals surface area contributed by atoms with Crippen molar-refractivity contribution >= 4 is 11.8 Å². The Bertz CT molecular complexity index is 304. The van der Waals surface area contributed by atoms with Gasteiger partial charge in [-0.25, -0.2) is 0 Å². The van der Waals surface area contributed by atoms with E-state index in [4.69, 9.17) is 10.5 Å². The van der Waals surface area contributed by atoms with E-state index < -0.39 is 0 Å². The van der Waals surface area contributed by atoms with Crippen molar-refractivity contribution in [1.29, 1.82) is 0 Å². The predicted molar refractivity (Wildman–Crippen MR) is 63.3 cm³/mol. The number of hydrogen-bond donors (Lipinski definition) is 2. The Kier molecular flexibility index (Phi) is 4.47. The molecular formula is C11H21N3O3. The zero-order valence-electron chi connectivity index (χ0n) is 10.7. The molecule has 2 amide bonds. The third-order valence-corrected chi connectivity index (χ3v) is 2.54. The Hall–Kier alpha value is -1.14. The number of morpholine rings is 1. The molecule has 3 N–H and O–H groups in total. The summed E-state index contributed by atoms with van der Waals surface area (Å²) in [4.78, 5) is 24.5. The summed E-state index contributed by atoms with van der Waals surface area (Å²) in [6.45, 7) is 6.81. The van der Waals surface area contributed by atoms with Crippen molar-refractivity contribution in [3.63, 3.8) is 0 Å². The number of nitrogens with zero attached hydrogens (tertiary/aromatic N) is 1. The lowest BCUT2D eigenvalue weighted by molar-refractivity contribution is -0.157. The number of nitrogens with one attached hydrogen (secondary N) is 1. The van der Waals surface area contributed by atoms with Gasteiger partial charge in [0, 0.05) is 13.1 Å². The van der Waals surface area contributed by atoms with Crippen molar-refractivity contribution in [2.75, 3.05) is 26.2 Å². The van der Waals surface area contributed by atoms with E-state index in [1.54, 1.807) is 4.90 Å². The Labute approximate surface area is 101 Å². The number of carbonyl (C=O) groups excluding carboxylic acids is 2. The summed E-state index contributed by atoms with van der Waals surface area (Å²) < 4.78 is 5.70. The molecule has 0 aromatic carbocycles. The lowest BCUT2D eigenvalue weighted by Crippen LogP contribution is -2.55. The molecule has 1 rings (SSSR count). The lowest BCUT2D eigenvalue weighted by atomic mass is 10.1. The highest BCUT2D eigenvalue weighted by atomic mass is 16.5. The lowest BCUT2D eigenvalue weighted by Gasteiger charge is -2.41. The Balaban J connectivity index is 2.48. The summed E-state index contributed by atoms with van der Waals surface area (Å²) in [7, 11) is 0. The van der Waals surface area contributed by atoms with Crippen molar-refractivity contribution < 1.29 is 14.3 Å². The van der Waals surface area contributed by atoms with Crippen LogP contribution in [0.5, 0.6) is 0 Å². The van der Waals surface area contributed by atoms with Gasteiger partial charge in [0.05, 0.1) is 24.8 Å². The minimum absolute atomic E-state index is 0.00116. The van der Waals surface area contributed by atoms with E-state index in [1.807, 2.05) is 20.8 Å². The summed E-state index contributed by atoms with van der Waals surface area (Å²) >= 11 is 0. The molecule has 17 heavy (non-hydrogen) atoms. The molecule has 1 heterocycles. The number of hydrogen-bond acceptors (Lipinski definition) is 4. The molecule has 6 heteroatoms. The standard InChI is InChI=1S/C11H21N3O3/c1-8-6-14(7-11(2,3)17-8)10(16)5-13-9(15)4-12/h8H,4-7,12H2,1-3H3,(H,13,15). The van der Waals surface area contributed by atoms with Gasteiger partial charge in [-0.05, 0) is 20.8 Å². The van der Waals surface area contributed by atoms with E-state index in [0.717, 1.165) is 0 Å². The second kappa shape index (κ2) is 5.46. The van der Waals surface area contributed by atoms with Crippen molar-refractivity contribution in [3.8, 4) is 0 Å². The minimum Gasteiger partial charge on any atom is -0.369 e. The molecule has 0 spiro atoms. The van der Waals surface area contributed by atoms with Gasteiger partial charge in [-0.15, -0.1) is 0 Å². The van der Waals surface area contributed by atoms with Crippen LogP contribution in [0.4, 0.5) is 0 Å². The zero-order chi connectivity index (χ0) is 13.1. The quantitative estimate of drug-likeness (QED) is 0.672. The fraction of sp³-hybridized carbons (Fsp3) is 0.818. The first-order valence-electron chi connectivity index (χ1n) is 5.76. The molecule has 0 aromatic heterocycles. The van der Waals surface area contributed by atoms with Gasteiger partial charge in [-0.1, -0.05) is 0 Å². The molecule has 0 saturated carbocycles. The van der Waals surface area contributed by atoms with Gasteiger partial charge in [-0.3, -0.25) is 9.59 Å². The number of amides is 2. The zero-order valence-corrected chi connectivity index (χ0v) is 10.7. The first-order chi connectivity index (χ1) is 7.84. The van der Waals surface area contributed by atoms with E-state index in [1.165, 1.54) is 0 Å². The summed E-state index contributed by atoms with van der Waals surface area (Å²) in [5.41, 5.74) is 4.80. The molecule has 98 valence electrons. The molecule has 1 fully saturated rings. The predicted octanol–water partition coefficient (Wildman–Crippen LogP) is -0.913. The molecule has 0 aliphatic carbocycles. The molecule has 0 radical (unpaired) electrons. The van der Waals surface area contributed by atoms with E-state index in [-0.39, 0.29) is 36.6 Å². The molecule has 1 saturated heterocycles. The van der Waals surface area contributed by atoms with Crippen LogP contribution in [0, 0.1) is 0 Å². The molecule has 1 aliphatic rings.